The largest absolute Gasteiger partial charge is 0.397 e. The van der Waals surface area contributed by atoms with Gasteiger partial charge in [-0.1, -0.05) is 39.3 Å². The molecule has 0 bridgehead atoms. The van der Waals surface area contributed by atoms with E-state index in [9.17, 15) is 79.0 Å². The van der Waals surface area contributed by atoms with Gasteiger partial charge in [0.15, 0.2) is 31.5 Å². The second-order valence-corrected chi connectivity index (χ2v) is 27.7. The predicted octanol–water partition coefficient (Wildman–Crippen LogP) is -1.65. The highest BCUT2D eigenvalue weighted by atomic mass is 32.3. The molecule has 27 nitrogen and oxygen atoms in total. The quantitative estimate of drug-likeness (QED) is 0.0573. The van der Waals surface area contributed by atoms with Gasteiger partial charge >= 0.3 is 10.4 Å². The Morgan fingerprint density at radius 2 is 1.13 bits per heavy atom. The first kappa shape index (κ1) is 66.8. The van der Waals surface area contributed by atoms with Crippen LogP contribution in [0.25, 0.3) is 0 Å². The van der Waals surface area contributed by atoms with Crippen LogP contribution in [0.4, 0.5) is 0 Å². The Kier molecular flexibility index (Phi) is 20.4. The van der Waals surface area contributed by atoms with Gasteiger partial charge in [-0.3, -0.25) is 9.35 Å². The maximum absolute atomic E-state index is 13.2. The molecule has 28 heteroatoms. The topological polar surface area (TPSA) is 416 Å². The van der Waals surface area contributed by atoms with Crippen LogP contribution in [0.15, 0.2) is 11.6 Å². The molecule has 9 aliphatic rings. The zero-order chi connectivity index (χ0) is 61.6. The Morgan fingerprint density at radius 1 is 0.619 bits per heavy atom. The molecule has 9 rings (SSSR count). The molecule has 84 heavy (non-hydrogen) atoms. The minimum absolute atomic E-state index is 0.00676. The summed E-state index contributed by atoms with van der Waals surface area (Å²) in [7, 11) is -4.87. The second-order valence-electron chi connectivity index (χ2n) is 26.7. The van der Waals surface area contributed by atoms with Crippen molar-refractivity contribution in [2.24, 2.45) is 40.4 Å². The van der Waals surface area contributed by atoms with Crippen LogP contribution in [-0.4, -0.2) is 252 Å². The molecular formula is C56H92O27S. The van der Waals surface area contributed by atoms with E-state index in [-0.39, 0.29) is 48.7 Å². The van der Waals surface area contributed by atoms with Gasteiger partial charge in [-0.25, -0.2) is 4.18 Å². The summed E-state index contributed by atoms with van der Waals surface area (Å²) < 4.78 is 101. The van der Waals surface area contributed by atoms with Crippen molar-refractivity contribution in [1.29, 1.82) is 0 Å². The number of aliphatic hydroxyl groups excluding tert-OH is 11. The number of carbonyl (C=O) groups is 1. The number of hydrogen-bond donors (Lipinski definition) is 13. The van der Waals surface area contributed by atoms with Crippen LogP contribution in [0.1, 0.15) is 120 Å². The minimum Gasteiger partial charge on any atom is -0.389 e. The molecule has 0 aromatic carbocycles. The van der Waals surface area contributed by atoms with E-state index in [2.05, 4.69) is 19.9 Å². The fraction of sp³-hybridized carbons (Fsp3) is 0.946. The number of aliphatic hydroxyl groups is 12. The zero-order valence-electron chi connectivity index (χ0n) is 49.0. The molecule has 4 aliphatic carbocycles. The molecule has 5 heterocycles. The van der Waals surface area contributed by atoms with Gasteiger partial charge < -0.3 is 109 Å². The van der Waals surface area contributed by atoms with Crippen LogP contribution in [0.3, 0.4) is 0 Å². The first-order valence-electron chi connectivity index (χ1n) is 29.7. The lowest BCUT2D eigenvalue weighted by Crippen LogP contribution is -2.66. The van der Waals surface area contributed by atoms with Crippen molar-refractivity contribution < 1.29 is 131 Å². The number of hydrogen-bond acceptors (Lipinski definition) is 26. The smallest absolute Gasteiger partial charge is 0.389 e. The van der Waals surface area contributed by atoms with Crippen molar-refractivity contribution >= 4 is 16.2 Å². The molecule has 5 aliphatic heterocycles. The highest BCUT2D eigenvalue weighted by molar-refractivity contribution is 7.80. The minimum atomic E-state index is -4.87. The van der Waals surface area contributed by atoms with Gasteiger partial charge in [0.2, 0.25) is 0 Å². The molecule has 33 atom stereocenters. The molecular weight excluding hydrogens is 1140 g/mol. The van der Waals surface area contributed by atoms with Gasteiger partial charge in [0.1, 0.15) is 97.3 Å². The number of ketones is 1. The lowest BCUT2D eigenvalue weighted by Gasteiger charge is -2.60. The van der Waals surface area contributed by atoms with Gasteiger partial charge in [-0.05, 0) is 120 Å². The normalized spacial score (nSPS) is 51.7. The lowest BCUT2D eigenvalue weighted by atomic mass is 9.47. The number of carbonyl (C=O) groups excluding carboxylic acids is 1. The third-order valence-electron chi connectivity index (χ3n) is 20.3. The zero-order valence-corrected chi connectivity index (χ0v) is 49.8. The number of rotatable bonds is 17. The van der Waals surface area contributed by atoms with E-state index in [1.165, 1.54) is 27.7 Å². The van der Waals surface area contributed by atoms with Crippen molar-refractivity contribution in [3.63, 3.8) is 0 Å². The molecule has 0 aromatic rings. The fourth-order valence-electron chi connectivity index (χ4n) is 15.7. The third-order valence-corrected chi connectivity index (χ3v) is 20.8. The van der Waals surface area contributed by atoms with E-state index in [0.29, 0.717) is 32.1 Å². The van der Waals surface area contributed by atoms with E-state index in [4.69, 9.17) is 51.6 Å². The maximum Gasteiger partial charge on any atom is 0.397 e. The van der Waals surface area contributed by atoms with Gasteiger partial charge in [0.25, 0.3) is 0 Å². The Balaban J connectivity index is 0.978. The molecule has 0 radical (unpaired) electrons. The van der Waals surface area contributed by atoms with Gasteiger partial charge in [-0.15, -0.1) is 0 Å². The number of Topliss-reactive ketones (excluding diaryl/α,β-unsaturated/α-hetero) is 1. The summed E-state index contributed by atoms with van der Waals surface area (Å²) >= 11 is 0. The first-order chi connectivity index (χ1) is 39.1. The van der Waals surface area contributed by atoms with Crippen LogP contribution >= 0.6 is 0 Å². The monoisotopic (exact) mass is 1230 g/mol. The average molecular weight is 1230 g/mol. The molecule has 0 aromatic heterocycles. The molecule has 5 saturated heterocycles. The van der Waals surface area contributed by atoms with Crippen LogP contribution in [-0.2, 0) is 66.7 Å². The highest BCUT2D eigenvalue weighted by Gasteiger charge is 2.64. The summed E-state index contributed by atoms with van der Waals surface area (Å²) in [5, 5.41) is 135. The van der Waals surface area contributed by atoms with Crippen molar-refractivity contribution in [2.45, 2.75) is 285 Å². The molecule has 0 spiro atoms. The molecule has 3 unspecified atom stereocenters. The van der Waals surface area contributed by atoms with Crippen molar-refractivity contribution in [3.8, 4) is 0 Å². The van der Waals surface area contributed by atoms with Crippen molar-refractivity contribution in [1.82, 2.24) is 0 Å². The summed E-state index contributed by atoms with van der Waals surface area (Å²) in [5.74, 6) is -0.738. The van der Waals surface area contributed by atoms with E-state index in [1.54, 1.807) is 6.92 Å². The van der Waals surface area contributed by atoms with E-state index < -0.39 is 199 Å². The molecule has 3 saturated carbocycles. The maximum atomic E-state index is 13.2. The van der Waals surface area contributed by atoms with Crippen LogP contribution in [0, 0.1) is 40.4 Å². The summed E-state index contributed by atoms with van der Waals surface area (Å²) in [6.45, 7) is 15.0. The molecule has 484 valence electrons. The lowest BCUT2D eigenvalue weighted by molar-refractivity contribution is -0.397. The van der Waals surface area contributed by atoms with Gasteiger partial charge in [0, 0.05) is 12.8 Å². The molecule has 8 fully saturated rings. The van der Waals surface area contributed by atoms with Gasteiger partial charge in [-0.2, -0.15) is 8.42 Å². The van der Waals surface area contributed by atoms with Crippen LogP contribution in [0.2, 0.25) is 0 Å². The Morgan fingerprint density at radius 3 is 1.70 bits per heavy atom. The second kappa shape index (κ2) is 25.6. The first-order valence-corrected chi connectivity index (χ1v) is 31.1. The van der Waals surface area contributed by atoms with E-state index in [0.717, 1.165) is 12.0 Å². The van der Waals surface area contributed by atoms with E-state index in [1.807, 2.05) is 13.8 Å². The van der Waals surface area contributed by atoms with Crippen LogP contribution in [0.5, 0.6) is 0 Å². The highest BCUT2D eigenvalue weighted by Crippen LogP contribution is 2.67. The predicted molar refractivity (Wildman–Crippen MR) is 284 cm³/mol. The Labute approximate surface area is 489 Å². The summed E-state index contributed by atoms with van der Waals surface area (Å²) in [6.07, 6.45) is -35.2. The Bertz CT molecular complexity index is 2400. The van der Waals surface area contributed by atoms with E-state index >= 15 is 0 Å². The average Bonchev–Trinajstić information content (AvgIpc) is 1.36. The summed E-state index contributed by atoms with van der Waals surface area (Å²) in [4.78, 5) is 13.2. The number of fused-ring (bicyclic) bond motifs is 5. The SMILES string of the molecule is CC(C)CC(=O)C[C@](C)(O)[C@H]1CCC2C3C[C@H](O[C@@H]4O[C@H](C)[C@@H](O)[C@H](O[C@@H]5OC[C@@H](O[C@@H]6O[C@H](C)[C@H](O)[C@H](O)[C@H]6O[C@@H]6O[C@H](C)[C@H](O)[C@H](O)[C@H]6O)[C@H](O)[C@H]5O[C@@H]5O[C@H](C)[C@@H](O)[C@H](O)[C@H]5O)[C@H]4O)C4C[C@H](OS(=O)(=O)O)CC[C@]4(C)C3=CC[C@@]21C. The number of allylic oxidation sites excluding steroid dienone is 2. The Hall–Kier alpha value is -1.60. The number of ether oxygens (including phenoxy) is 10. The van der Waals surface area contributed by atoms with Crippen molar-refractivity contribution in [2.75, 3.05) is 6.61 Å². The summed E-state index contributed by atoms with van der Waals surface area (Å²) in [5.41, 5.74) is -1.22. The summed E-state index contributed by atoms with van der Waals surface area (Å²) in [6, 6.07) is 0. The van der Waals surface area contributed by atoms with Crippen molar-refractivity contribution in [3.05, 3.63) is 11.6 Å². The van der Waals surface area contributed by atoms with Crippen LogP contribution < -0.4 is 0 Å². The van der Waals surface area contributed by atoms with Gasteiger partial charge in [0.05, 0.1) is 48.8 Å². The standard InChI is InChI=1S/C56H92O27S/c1-21(2)16-26(57)19-56(9,69)34-11-10-29-28-18-32(31-17-27(83-84(70,71)72)12-14-54(31,7)30(28)13-15-55(29,34)8)78-51-45(68)46(38(61)25(6)76-51)80-52-47(81-49-43(66)40(63)35(58)22(3)74-49)39(62)33(20-73-52)79-53-48(42(65)37(60)24(5)77-53)82-50-44(67)41(64)36(59)23(4)75-50/h13,21-25,27-29,31-53,58-69H,10-12,14-20H2,1-9H3,(H,70,71,72)/t22-,23-,24-,25-,27-,28?,29?,31?,32+,33-,34+,35-,36+,37+,38-,39+,40+,41+,42+,43-,44-,45-,46+,47-,48-,49+,50+,51+,52+,53+,54-,55+,56+/m1/s1. The molecule has 13 N–H and O–H groups in total. The fourth-order valence-corrected chi connectivity index (χ4v) is 16.2. The molecule has 0 amide bonds. The third kappa shape index (κ3) is 13.1.